The third-order valence-electron chi connectivity index (χ3n) is 4.36. The van der Waals surface area contributed by atoms with Gasteiger partial charge in [-0.15, -0.1) is 0 Å². The molecule has 0 bridgehead atoms. The van der Waals surface area contributed by atoms with Gasteiger partial charge >= 0.3 is 0 Å². The third-order valence-corrected chi connectivity index (χ3v) is 5.87. The van der Waals surface area contributed by atoms with Crippen LogP contribution in [0.4, 0.5) is 0 Å². The van der Waals surface area contributed by atoms with Gasteiger partial charge < -0.3 is 9.47 Å². The standard InChI is InChI=1S/C18H22N2O4S/c1-13-3-4-17(23-2)18(9-13)25(21,22)20-16-12-24-11-15(16)10-14-5-7-19-8-6-14/h3-9,15-16,20H,10-12H2,1-2H3/t15-,16+/m1/s1. The molecule has 7 heteroatoms. The maximum absolute atomic E-state index is 12.9. The summed E-state index contributed by atoms with van der Waals surface area (Å²) in [5.74, 6) is 0.413. The smallest absolute Gasteiger partial charge is 0.244 e. The van der Waals surface area contributed by atoms with E-state index in [1.807, 2.05) is 25.1 Å². The number of ether oxygens (including phenoxy) is 2. The molecule has 2 aromatic rings. The van der Waals surface area contributed by atoms with Gasteiger partial charge in [0.05, 0.1) is 26.4 Å². The fourth-order valence-corrected chi connectivity index (χ4v) is 4.55. The lowest BCUT2D eigenvalue weighted by Crippen LogP contribution is -2.40. The van der Waals surface area contributed by atoms with E-state index < -0.39 is 10.0 Å². The number of methoxy groups -OCH3 is 1. The molecule has 0 spiro atoms. The van der Waals surface area contributed by atoms with Crippen LogP contribution in [-0.2, 0) is 21.2 Å². The summed E-state index contributed by atoms with van der Waals surface area (Å²) in [5, 5.41) is 0. The van der Waals surface area contributed by atoms with E-state index in [2.05, 4.69) is 9.71 Å². The molecule has 25 heavy (non-hydrogen) atoms. The van der Waals surface area contributed by atoms with Crippen LogP contribution in [0.5, 0.6) is 5.75 Å². The Morgan fingerprint density at radius 3 is 2.72 bits per heavy atom. The molecule has 1 aliphatic heterocycles. The molecular weight excluding hydrogens is 340 g/mol. The topological polar surface area (TPSA) is 77.5 Å². The molecule has 0 unspecified atom stereocenters. The van der Waals surface area contributed by atoms with Crippen LogP contribution in [0.3, 0.4) is 0 Å². The Labute approximate surface area is 148 Å². The normalized spacial score (nSPS) is 20.6. The minimum absolute atomic E-state index is 0.0768. The number of hydrogen-bond donors (Lipinski definition) is 1. The van der Waals surface area contributed by atoms with Gasteiger partial charge in [0.25, 0.3) is 0 Å². The van der Waals surface area contributed by atoms with Crippen molar-refractivity contribution in [2.24, 2.45) is 5.92 Å². The van der Waals surface area contributed by atoms with Crippen molar-refractivity contribution in [1.82, 2.24) is 9.71 Å². The summed E-state index contributed by atoms with van der Waals surface area (Å²) < 4.78 is 39.3. The number of aromatic nitrogens is 1. The number of rotatable bonds is 6. The van der Waals surface area contributed by atoms with Gasteiger partial charge in [-0.2, -0.15) is 0 Å². The maximum atomic E-state index is 12.9. The van der Waals surface area contributed by atoms with Crippen molar-refractivity contribution in [3.8, 4) is 5.75 Å². The lowest BCUT2D eigenvalue weighted by Gasteiger charge is -2.20. The minimum atomic E-state index is -3.70. The number of nitrogens with one attached hydrogen (secondary N) is 1. The maximum Gasteiger partial charge on any atom is 0.244 e. The number of sulfonamides is 1. The lowest BCUT2D eigenvalue weighted by atomic mass is 9.96. The largest absolute Gasteiger partial charge is 0.495 e. The first kappa shape index (κ1) is 17.8. The number of nitrogens with zero attached hydrogens (tertiary/aromatic N) is 1. The second-order valence-corrected chi connectivity index (χ2v) is 7.92. The van der Waals surface area contributed by atoms with E-state index in [1.165, 1.54) is 7.11 Å². The fourth-order valence-electron chi connectivity index (χ4n) is 3.01. The molecule has 2 atom stereocenters. The molecule has 0 amide bonds. The fraction of sp³-hybridized carbons (Fsp3) is 0.389. The Kier molecular flexibility index (Phi) is 5.36. The first-order chi connectivity index (χ1) is 12.0. The molecule has 1 aliphatic rings. The molecule has 1 aromatic carbocycles. The quantitative estimate of drug-likeness (QED) is 0.850. The van der Waals surface area contributed by atoms with Crippen LogP contribution in [-0.4, -0.2) is 39.8 Å². The second-order valence-electron chi connectivity index (χ2n) is 6.24. The molecule has 0 aliphatic carbocycles. The second kappa shape index (κ2) is 7.51. The van der Waals surface area contributed by atoms with Crippen LogP contribution >= 0.6 is 0 Å². The van der Waals surface area contributed by atoms with Crippen LogP contribution in [0, 0.1) is 12.8 Å². The highest BCUT2D eigenvalue weighted by atomic mass is 32.2. The Morgan fingerprint density at radius 1 is 1.24 bits per heavy atom. The highest BCUT2D eigenvalue weighted by Gasteiger charge is 2.33. The monoisotopic (exact) mass is 362 g/mol. The van der Waals surface area contributed by atoms with E-state index in [1.54, 1.807) is 24.5 Å². The predicted octanol–water partition coefficient (Wildman–Crippen LogP) is 1.93. The number of aryl methyl sites for hydroxylation is 1. The Bertz CT molecular complexity index is 824. The Balaban J connectivity index is 1.79. The first-order valence-electron chi connectivity index (χ1n) is 8.13. The van der Waals surface area contributed by atoms with Gasteiger partial charge in [-0.3, -0.25) is 4.98 Å². The van der Waals surface area contributed by atoms with Crippen molar-refractivity contribution in [3.05, 3.63) is 53.9 Å². The predicted molar refractivity (Wildman–Crippen MR) is 94.1 cm³/mol. The van der Waals surface area contributed by atoms with Crippen LogP contribution in [0.15, 0.2) is 47.6 Å². The minimum Gasteiger partial charge on any atom is -0.495 e. The van der Waals surface area contributed by atoms with Crippen LogP contribution in [0.25, 0.3) is 0 Å². The van der Waals surface area contributed by atoms with Crippen molar-refractivity contribution in [2.45, 2.75) is 24.3 Å². The molecule has 1 N–H and O–H groups in total. The number of hydrogen-bond acceptors (Lipinski definition) is 5. The number of pyridine rings is 1. The van der Waals surface area contributed by atoms with E-state index in [9.17, 15) is 8.42 Å². The summed E-state index contributed by atoms with van der Waals surface area (Å²) in [7, 11) is -2.23. The molecule has 0 saturated carbocycles. The molecule has 1 fully saturated rings. The van der Waals surface area contributed by atoms with E-state index in [0.29, 0.717) is 19.0 Å². The Morgan fingerprint density at radius 2 is 2.00 bits per heavy atom. The molecule has 0 radical (unpaired) electrons. The van der Waals surface area contributed by atoms with E-state index in [-0.39, 0.29) is 16.9 Å². The zero-order valence-electron chi connectivity index (χ0n) is 14.3. The van der Waals surface area contributed by atoms with Gasteiger partial charge in [0.2, 0.25) is 10.0 Å². The van der Waals surface area contributed by atoms with Gasteiger partial charge in [0, 0.05) is 18.3 Å². The summed E-state index contributed by atoms with van der Waals surface area (Å²) in [6.07, 6.45) is 4.21. The van der Waals surface area contributed by atoms with Crippen LogP contribution < -0.4 is 9.46 Å². The molecule has 1 saturated heterocycles. The van der Waals surface area contributed by atoms with Crippen molar-refractivity contribution in [2.75, 3.05) is 20.3 Å². The molecule has 1 aromatic heterocycles. The summed E-state index contributed by atoms with van der Waals surface area (Å²) in [4.78, 5) is 4.17. The highest BCUT2D eigenvalue weighted by molar-refractivity contribution is 7.89. The van der Waals surface area contributed by atoms with Crippen molar-refractivity contribution < 1.29 is 17.9 Å². The molecule has 2 heterocycles. The van der Waals surface area contributed by atoms with Gasteiger partial charge in [0.1, 0.15) is 10.6 Å². The third kappa shape index (κ3) is 4.18. The average molecular weight is 362 g/mol. The first-order valence-corrected chi connectivity index (χ1v) is 9.61. The van der Waals surface area contributed by atoms with Crippen LogP contribution in [0.1, 0.15) is 11.1 Å². The SMILES string of the molecule is COc1ccc(C)cc1S(=O)(=O)N[C@H]1COC[C@H]1Cc1ccncc1. The van der Waals surface area contributed by atoms with Gasteiger partial charge in [-0.25, -0.2) is 13.1 Å². The van der Waals surface area contributed by atoms with Crippen molar-refractivity contribution in [3.63, 3.8) is 0 Å². The molecular formula is C18H22N2O4S. The molecule has 6 nitrogen and oxygen atoms in total. The van der Waals surface area contributed by atoms with E-state index in [4.69, 9.17) is 9.47 Å². The van der Waals surface area contributed by atoms with Crippen LogP contribution in [0.2, 0.25) is 0 Å². The summed E-state index contributed by atoms with van der Waals surface area (Å²) in [6.45, 7) is 2.74. The number of benzene rings is 1. The van der Waals surface area contributed by atoms with Gasteiger partial charge in [-0.1, -0.05) is 6.07 Å². The summed E-state index contributed by atoms with van der Waals surface area (Å²) >= 11 is 0. The summed E-state index contributed by atoms with van der Waals surface area (Å²) in [5.41, 5.74) is 1.97. The molecule has 134 valence electrons. The van der Waals surface area contributed by atoms with Crippen molar-refractivity contribution in [1.29, 1.82) is 0 Å². The zero-order valence-corrected chi connectivity index (χ0v) is 15.1. The zero-order chi connectivity index (χ0) is 17.9. The highest BCUT2D eigenvalue weighted by Crippen LogP contribution is 2.27. The van der Waals surface area contributed by atoms with E-state index in [0.717, 1.165) is 17.5 Å². The van der Waals surface area contributed by atoms with Crippen molar-refractivity contribution >= 4 is 10.0 Å². The van der Waals surface area contributed by atoms with Gasteiger partial charge in [0.15, 0.2) is 0 Å². The van der Waals surface area contributed by atoms with E-state index >= 15 is 0 Å². The summed E-state index contributed by atoms with van der Waals surface area (Å²) in [6, 6.07) is 8.71. The average Bonchev–Trinajstić information content (AvgIpc) is 3.02. The molecule has 3 rings (SSSR count). The lowest BCUT2D eigenvalue weighted by molar-refractivity contribution is 0.183. The Hall–Kier alpha value is -1.96. The van der Waals surface area contributed by atoms with Gasteiger partial charge in [-0.05, 0) is 48.7 Å².